The van der Waals surface area contributed by atoms with Crippen LogP contribution in [0.15, 0.2) is 36.5 Å². The number of anilines is 2. The molecular weight excluding hydrogens is 340 g/mol. The maximum Gasteiger partial charge on any atom is 0.272 e. The number of ether oxygens (including phenoxy) is 1. The first kappa shape index (κ1) is 17.5. The molecule has 0 atom stereocenters. The minimum absolute atomic E-state index is 0.0465. The van der Waals surface area contributed by atoms with Crippen molar-refractivity contribution in [3.63, 3.8) is 0 Å². The number of carbonyl (C=O) groups excluding carboxylic acids is 1. The topological polar surface area (TPSA) is 57.7 Å². The first-order chi connectivity index (χ1) is 12.1. The summed E-state index contributed by atoms with van der Waals surface area (Å²) in [5.74, 6) is 0.628. The summed E-state index contributed by atoms with van der Waals surface area (Å²) in [4.78, 5) is 20.9. The summed E-state index contributed by atoms with van der Waals surface area (Å²) in [7, 11) is 3.66. The van der Waals surface area contributed by atoms with Crippen LogP contribution in [0.3, 0.4) is 0 Å². The second-order valence-electron chi connectivity index (χ2n) is 5.99. The van der Waals surface area contributed by atoms with Crippen molar-refractivity contribution in [2.75, 3.05) is 45.7 Å². The summed E-state index contributed by atoms with van der Waals surface area (Å²) in [5, 5.41) is 3.84. The van der Waals surface area contributed by atoms with Crippen molar-refractivity contribution >= 4 is 28.9 Å². The van der Waals surface area contributed by atoms with Crippen LogP contribution in [0.25, 0.3) is 0 Å². The highest BCUT2D eigenvalue weighted by atomic mass is 35.5. The van der Waals surface area contributed by atoms with Crippen molar-refractivity contribution in [2.24, 2.45) is 0 Å². The highest BCUT2D eigenvalue weighted by Crippen LogP contribution is 2.30. The number of rotatable bonds is 4. The molecule has 0 spiro atoms. The normalized spacial score (nSPS) is 15.1. The molecule has 1 N–H and O–H groups in total. The van der Waals surface area contributed by atoms with Gasteiger partial charge in [0.2, 0.25) is 0 Å². The van der Waals surface area contributed by atoms with E-state index in [1.807, 2.05) is 4.90 Å². The number of carbonyl (C=O) groups is 1. The Hall–Kier alpha value is -2.31. The Bertz CT molecular complexity index is 760. The van der Waals surface area contributed by atoms with Crippen LogP contribution in [-0.2, 0) is 0 Å². The highest BCUT2D eigenvalue weighted by Gasteiger charge is 2.21. The number of nitrogens with zero attached hydrogens (tertiary/aromatic N) is 3. The van der Waals surface area contributed by atoms with Gasteiger partial charge in [-0.25, -0.2) is 0 Å². The highest BCUT2D eigenvalue weighted by molar-refractivity contribution is 6.31. The molecular formula is C18H21ClN4O2. The Morgan fingerprint density at radius 3 is 2.68 bits per heavy atom. The van der Waals surface area contributed by atoms with Gasteiger partial charge < -0.3 is 19.9 Å². The molecule has 6 nitrogen and oxygen atoms in total. The first-order valence-corrected chi connectivity index (χ1v) is 8.49. The predicted octanol–water partition coefficient (Wildman–Crippen LogP) is 2.87. The average molecular weight is 361 g/mol. The molecule has 25 heavy (non-hydrogen) atoms. The lowest BCUT2D eigenvalue weighted by molar-refractivity contribution is 0.0658. The van der Waals surface area contributed by atoms with Crippen molar-refractivity contribution < 1.29 is 9.53 Å². The third-order valence-electron chi connectivity index (χ3n) is 4.21. The lowest BCUT2D eigenvalue weighted by atomic mass is 10.2. The Morgan fingerprint density at radius 2 is 1.96 bits per heavy atom. The van der Waals surface area contributed by atoms with Crippen molar-refractivity contribution in [3.8, 4) is 5.75 Å². The second kappa shape index (κ2) is 7.72. The third kappa shape index (κ3) is 4.21. The zero-order chi connectivity index (χ0) is 17.8. The van der Waals surface area contributed by atoms with Crippen molar-refractivity contribution in [2.45, 2.75) is 0 Å². The number of nitrogens with one attached hydrogen (secondary N) is 1. The molecule has 1 aliphatic heterocycles. The number of amides is 1. The molecule has 0 aliphatic carbocycles. The van der Waals surface area contributed by atoms with Gasteiger partial charge >= 0.3 is 0 Å². The summed E-state index contributed by atoms with van der Waals surface area (Å²) in [6.07, 6.45) is 1.63. The van der Waals surface area contributed by atoms with Gasteiger partial charge in [0.05, 0.1) is 12.8 Å². The average Bonchev–Trinajstić information content (AvgIpc) is 2.62. The van der Waals surface area contributed by atoms with Gasteiger partial charge in [-0.2, -0.15) is 0 Å². The molecule has 0 saturated carbocycles. The summed E-state index contributed by atoms with van der Waals surface area (Å²) < 4.78 is 5.34. The summed E-state index contributed by atoms with van der Waals surface area (Å²) in [6, 6.07) is 8.90. The molecule has 2 heterocycles. The van der Waals surface area contributed by atoms with Gasteiger partial charge in [-0.3, -0.25) is 9.78 Å². The van der Waals surface area contributed by atoms with Gasteiger partial charge in [-0.1, -0.05) is 11.6 Å². The van der Waals surface area contributed by atoms with Crippen LogP contribution in [-0.4, -0.2) is 61.0 Å². The first-order valence-electron chi connectivity index (χ1n) is 8.11. The summed E-state index contributed by atoms with van der Waals surface area (Å²) >= 11 is 6.06. The van der Waals surface area contributed by atoms with Gasteiger partial charge in [0.15, 0.2) is 0 Å². The minimum atomic E-state index is -0.0465. The van der Waals surface area contributed by atoms with Crippen LogP contribution in [0, 0.1) is 0 Å². The van der Waals surface area contributed by atoms with Gasteiger partial charge in [0, 0.05) is 43.1 Å². The van der Waals surface area contributed by atoms with E-state index in [1.165, 1.54) is 0 Å². The Labute approximate surface area is 152 Å². The molecule has 1 aliphatic rings. The number of halogens is 1. The number of piperazine rings is 1. The molecule has 1 aromatic heterocycles. The molecule has 7 heteroatoms. The fraction of sp³-hybridized carbons (Fsp3) is 0.333. The number of likely N-dealkylation sites (N-methyl/N-ethyl adjacent to an activating group) is 1. The number of methoxy groups -OCH3 is 1. The zero-order valence-electron chi connectivity index (χ0n) is 14.3. The maximum atomic E-state index is 12.7. The molecule has 1 saturated heterocycles. The fourth-order valence-electron chi connectivity index (χ4n) is 2.73. The number of pyridine rings is 1. The predicted molar refractivity (Wildman–Crippen MR) is 98.9 cm³/mol. The fourth-order valence-corrected chi connectivity index (χ4v) is 2.90. The quantitative estimate of drug-likeness (QED) is 0.908. The Kier molecular flexibility index (Phi) is 5.40. The summed E-state index contributed by atoms with van der Waals surface area (Å²) in [5.41, 5.74) is 1.92. The van der Waals surface area contributed by atoms with E-state index in [4.69, 9.17) is 16.3 Å². The van der Waals surface area contributed by atoms with Gasteiger partial charge in [-0.15, -0.1) is 0 Å². The number of hydrogen-bond acceptors (Lipinski definition) is 5. The molecule has 132 valence electrons. The van der Waals surface area contributed by atoms with Crippen LogP contribution in [0.4, 0.5) is 11.4 Å². The summed E-state index contributed by atoms with van der Waals surface area (Å²) in [6.45, 7) is 3.19. The molecule has 1 aromatic carbocycles. The zero-order valence-corrected chi connectivity index (χ0v) is 15.1. The minimum Gasteiger partial charge on any atom is -0.495 e. The lowest BCUT2D eigenvalue weighted by Crippen LogP contribution is -2.47. The Morgan fingerprint density at radius 1 is 1.20 bits per heavy atom. The van der Waals surface area contributed by atoms with Gasteiger partial charge in [0.1, 0.15) is 11.4 Å². The molecule has 2 aromatic rings. The smallest absolute Gasteiger partial charge is 0.272 e. The molecule has 3 rings (SSSR count). The maximum absolute atomic E-state index is 12.7. The second-order valence-corrected chi connectivity index (χ2v) is 6.43. The standard InChI is InChI=1S/C18H21ClN4O2/c1-22-7-9-23(10-8-22)18(24)16-12-14(5-6-20-16)21-15-11-13(19)3-4-17(15)25-2/h3-6,11-12H,7-10H2,1-2H3,(H,20,21). The van der Waals surface area contributed by atoms with E-state index in [1.54, 1.807) is 43.6 Å². The van der Waals surface area contributed by atoms with Gasteiger partial charge in [0.25, 0.3) is 5.91 Å². The van der Waals surface area contributed by atoms with Crippen molar-refractivity contribution in [3.05, 3.63) is 47.2 Å². The van der Waals surface area contributed by atoms with Crippen LogP contribution < -0.4 is 10.1 Å². The van der Waals surface area contributed by atoms with Crippen molar-refractivity contribution in [1.29, 1.82) is 0 Å². The largest absolute Gasteiger partial charge is 0.495 e. The van der Waals surface area contributed by atoms with E-state index in [2.05, 4.69) is 22.2 Å². The molecule has 0 bridgehead atoms. The van der Waals surface area contributed by atoms with Gasteiger partial charge in [-0.05, 0) is 37.4 Å². The van der Waals surface area contributed by atoms with Crippen LogP contribution >= 0.6 is 11.6 Å². The van der Waals surface area contributed by atoms with E-state index in [-0.39, 0.29) is 5.91 Å². The third-order valence-corrected chi connectivity index (χ3v) is 4.45. The monoisotopic (exact) mass is 360 g/mol. The molecule has 0 radical (unpaired) electrons. The van der Waals surface area contributed by atoms with Crippen molar-refractivity contribution in [1.82, 2.24) is 14.8 Å². The number of benzene rings is 1. The number of aromatic nitrogens is 1. The Balaban J connectivity index is 1.78. The molecule has 1 fully saturated rings. The molecule has 0 unspecified atom stereocenters. The van der Waals surface area contributed by atoms with Crippen LogP contribution in [0.2, 0.25) is 5.02 Å². The molecule has 1 amide bonds. The van der Waals surface area contributed by atoms with E-state index < -0.39 is 0 Å². The van der Waals surface area contributed by atoms with E-state index in [9.17, 15) is 4.79 Å². The van der Waals surface area contributed by atoms with Crippen LogP contribution in [0.1, 0.15) is 10.5 Å². The van der Waals surface area contributed by atoms with E-state index >= 15 is 0 Å². The SMILES string of the molecule is COc1ccc(Cl)cc1Nc1ccnc(C(=O)N2CCN(C)CC2)c1. The van der Waals surface area contributed by atoms with E-state index in [0.717, 1.165) is 37.6 Å². The van der Waals surface area contributed by atoms with Crippen LogP contribution in [0.5, 0.6) is 5.75 Å². The lowest BCUT2D eigenvalue weighted by Gasteiger charge is -2.32. The van der Waals surface area contributed by atoms with E-state index in [0.29, 0.717) is 16.5 Å². The number of hydrogen-bond donors (Lipinski definition) is 1.